The number of fused-ring (bicyclic) bond motifs is 1. The monoisotopic (exact) mass is 318 g/mol. The first-order valence-electron chi connectivity index (χ1n) is 8.57. The number of ether oxygens (including phenoxy) is 1. The highest BCUT2D eigenvalue weighted by Crippen LogP contribution is 2.64. The third-order valence-corrected chi connectivity index (χ3v) is 5.88. The molecule has 1 saturated heterocycles. The van der Waals surface area contributed by atoms with E-state index >= 15 is 0 Å². The van der Waals surface area contributed by atoms with Crippen molar-refractivity contribution < 1.29 is 9.13 Å². The van der Waals surface area contributed by atoms with Crippen LogP contribution in [0.5, 0.6) is 0 Å². The average molecular weight is 318 g/mol. The Kier molecular flexibility index (Phi) is 3.04. The lowest BCUT2D eigenvalue weighted by Gasteiger charge is -2.60. The molecule has 0 radical (unpaired) electrons. The van der Waals surface area contributed by atoms with Crippen molar-refractivity contribution >= 4 is 10.8 Å². The van der Waals surface area contributed by atoms with Gasteiger partial charge in [0.1, 0.15) is 5.82 Å². The van der Waals surface area contributed by atoms with Crippen LogP contribution in [-0.2, 0) is 4.74 Å². The van der Waals surface area contributed by atoms with Crippen molar-refractivity contribution in [2.45, 2.75) is 18.3 Å². The summed E-state index contributed by atoms with van der Waals surface area (Å²) in [4.78, 5) is 0. The van der Waals surface area contributed by atoms with Crippen molar-refractivity contribution in [3.05, 3.63) is 83.7 Å². The molecule has 1 aliphatic carbocycles. The molecule has 120 valence electrons. The normalized spacial score (nSPS) is 24.5. The Labute approximate surface area is 141 Å². The zero-order chi connectivity index (χ0) is 16.1. The summed E-state index contributed by atoms with van der Waals surface area (Å²) in [6.07, 6.45) is 1.09. The molecule has 2 unspecified atom stereocenters. The molecule has 3 aromatic rings. The highest BCUT2D eigenvalue weighted by Gasteiger charge is 2.58. The number of hydrogen-bond donors (Lipinski definition) is 0. The summed E-state index contributed by atoms with van der Waals surface area (Å²) in [5.74, 6) is 0.652. The predicted molar refractivity (Wildman–Crippen MR) is 93.7 cm³/mol. The molecule has 0 N–H and O–H groups in total. The van der Waals surface area contributed by atoms with Crippen molar-refractivity contribution in [2.75, 3.05) is 13.2 Å². The van der Waals surface area contributed by atoms with Gasteiger partial charge in [-0.25, -0.2) is 4.39 Å². The van der Waals surface area contributed by atoms with Gasteiger partial charge in [-0.1, -0.05) is 54.6 Å². The lowest BCUT2D eigenvalue weighted by atomic mass is 9.49. The molecule has 3 aromatic carbocycles. The maximum Gasteiger partial charge on any atom is 0.123 e. The molecular formula is C22H19FO. The summed E-state index contributed by atoms with van der Waals surface area (Å²) in [6.45, 7) is 1.66. The SMILES string of the molecule is Fc1cccc(C2CC3(COC3)C2c2ccc3ccccc3c2)c1. The van der Waals surface area contributed by atoms with Gasteiger partial charge in [0.2, 0.25) is 0 Å². The first-order valence-corrected chi connectivity index (χ1v) is 8.57. The molecule has 24 heavy (non-hydrogen) atoms. The number of hydrogen-bond acceptors (Lipinski definition) is 1. The maximum absolute atomic E-state index is 13.7. The number of rotatable bonds is 2. The van der Waals surface area contributed by atoms with Crippen molar-refractivity contribution in [3.8, 4) is 0 Å². The van der Waals surface area contributed by atoms with E-state index in [0.29, 0.717) is 11.8 Å². The number of halogens is 1. The summed E-state index contributed by atoms with van der Waals surface area (Å²) >= 11 is 0. The van der Waals surface area contributed by atoms with E-state index in [1.165, 1.54) is 22.4 Å². The molecule has 1 saturated carbocycles. The van der Waals surface area contributed by atoms with Crippen LogP contribution >= 0.6 is 0 Å². The van der Waals surface area contributed by atoms with Crippen LogP contribution < -0.4 is 0 Å². The molecule has 0 aromatic heterocycles. The summed E-state index contributed by atoms with van der Waals surface area (Å²) in [7, 11) is 0. The Hall–Kier alpha value is -2.19. The molecule has 1 aliphatic heterocycles. The van der Waals surface area contributed by atoms with Gasteiger partial charge in [0, 0.05) is 11.3 Å². The zero-order valence-corrected chi connectivity index (χ0v) is 13.4. The molecule has 2 fully saturated rings. The molecule has 1 nitrogen and oxygen atoms in total. The highest BCUT2D eigenvalue weighted by atomic mass is 19.1. The molecule has 2 aliphatic rings. The first-order chi connectivity index (χ1) is 11.8. The Morgan fingerprint density at radius 1 is 0.833 bits per heavy atom. The second kappa shape index (κ2) is 5.15. The van der Waals surface area contributed by atoms with Crippen molar-refractivity contribution in [1.29, 1.82) is 0 Å². The topological polar surface area (TPSA) is 9.23 Å². The molecule has 2 heteroatoms. The van der Waals surface area contributed by atoms with Gasteiger partial charge < -0.3 is 4.74 Å². The van der Waals surface area contributed by atoms with Gasteiger partial charge in [-0.05, 0) is 46.4 Å². The van der Waals surface area contributed by atoms with Gasteiger partial charge in [0.25, 0.3) is 0 Å². The fourth-order valence-corrected chi connectivity index (χ4v) is 4.65. The lowest BCUT2D eigenvalue weighted by molar-refractivity contribution is -0.181. The minimum Gasteiger partial charge on any atom is -0.380 e. The first kappa shape index (κ1) is 14.2. The molecule has 0 amide bonds. The fraction of sp³-hybridized carbons (Fsp3) is 0.273. The summed E-state index contributed by atoms with van der Waals surface area (Å²) in [6, 6.07) is 22.3. The van der Waals surface area contributed by atoms with E-state index in [1.54, 1.807) is 6.07 Å². The fourth-order valence-electron chi connectivity index (χ4n) is 4.65. The van der Waals surface area contributed by atoms with Gasteiger partial charge in [0.05, 0.1) is 13.2 Å². The van der Waals surface area contributed by atoms with Crippen LogP contribution in [0.3, 0.4) is 0 Å². The quantitative estimate of drug-likeness (QED) is 0.626. The molecular weight excluding hydrogens is 299 g/mol. The van der Waals surface area contributed by atoms with Crippen LogP contribution in [0, 0.1) is 11.2 Å². The van der Waals surface area contributed by atoms with Crippen LogP contribution in [-0.4, -0.2) is 13.2 Å². The Morgan fingerprint density at radius 3 is 2.42 bits per heavy atom. The molecule has 1 heterocycles. The van der Waals surface area contributed by atoms with E-state index in [2.05, 4.69) is 48.5 Å². The molecule has 1 spiro atoms. The van der Waals surface area contributed by atoms with Crippen LogP contribution in [0.15, 0.2) is 66.7 Å². The third-order valence-electron chi connectivity index (χ3n) is 5.88. The van der Waals surface area contributed by atoms with Crippen LogP contribution in [0.25, 0.3) is 10.8 Å². The highest BCUT2D eigenvalue weighted by molar-refractivity contribution is 5.83. The maximum atomic E-state index is 13.7. The average Bonchev–Trinajstić information content (AvgIpc) is 2.53. The van der Waals surface area contributed by atoms with Gasteiger partial charge in [-0.15, -0.1) is 0 Å². The summed E-state index contributed by atoms with van der Waals surface area (Å²) in [5, 5.41) is 2.54. The van der Waals surface area contributed by atoms with E-state index in [9.17, 15) is 4.39 Å². The minimum absolute atomic E-state index is 0.143. The zero-order valence-electron chi connectivity index (χ0n) is 13.4. The van der Waals surface area contributed by atoms with Crippen molar-refractivity contribution in [3.63, 3.8) is 0 Å². The van der Waals surface area contributed by atoms with Gasteiger partial charge >= 0.3 is 0 Å². The lowest BCUT2D eigenvalue weighted by Crippen LogP contribution is -2.57. The van der Waals surface area contributed by atoms with E-state index in [-0.39, 0.29) is 11.2 Å². The van der Waals surface area contributed by atoms with Gasteiger partial charge in [-0.2, -0.15) is 0 Å². The van der Waals surface area contributed by atoms with Crippen LogP contribution in [0.4, 0.5) is 4.39 Å². The predicted octanol–water partition coefficient (Wildman–Crippen LogP) is 5.27. The van der Waals surface area contributed by atoms with E-state index < -0.39 is 0 Å². The molecule has 5 rings (SSSR count). The van der Waals surface area contributed by atoms with Crippen molar-refractivity contribution in [2.24, 2.45) is 5.41 Å². The summed E-state index contributed by atoms with van der Waals surface area (Å²) in [5.41, 5.74) is 2.72. The minimum atomic E-state index is -0.143. The largest absolute Gasteiger partial charge is 0.380 e. The summed E-state index contributed by atoms with van der Waals surface area (Å²) < 4.78 is 19.2. The second-order valence-electron chi connectivity index (χ2n) is 7.31. The van der Waals surface area contributed by atoms with E-state index in [4.69, 9.17) is 4.74 Å². The van der Waals surface area contributed by atoms with Crippen LogP contribution in [0.1, 0.15) is 29.4 Å². The van der Waals surface area contributed by atoms with E-state index in [1.807, 2.05) is 6.07 Å². The van der Waals surface area contributed by atoms with Gasteiger partial charge in [0.15, 0.2) is 0 Å². The molecule has 2 atom stereocenters. The smallest absolute Gasteiger partial charge is 0.123 e. The Balaban J connectivity index is 1.58. The Morgan fingerprint density at radius 2 is 1.67 bits per heavy atom. The third kappa shape index (κ3) is 2.03. The van der Waals surface area contributed by atoms with Gasteiger partial charge in [-0.3, -0.25) is 0 Å². The molecule has 0 bridgehead atoms. The second-order valence-corrected chi connectivity index (χ2v) is 7.31. The van der Waals surface area contributed by atoms with Crippen molar-refractivity contribution in [1.82, 2.24) is 0 Å². The Bertz CT molecular complexity index is 912. The standard InChI is InChI=1S/C22H19FO/c23-19-7-3-6-17(11-19)20-12-22(13-24-14-22)21(20)18-9-8-15-4-1-2-5-16(15)10-18/h1-11,20-21H,12-14H2. The number of benzene rings is 3. The van der Waals surface area contributed by atoms with Crippen LogP contribution in [0.2, 0.25) is 0 Å². The van der Waals surface area contributed by atoms with E-state index in [0.717, 1.165) is 25.2 Å².